The fourth-order valence-electron chi connectivity index (χ4n) is 1.08. The van der Waals surface area contributed by atoms with E-state index in [-0.39, 0.29) is 5.75 Å². The Morgan fingerprint density at radius 1 is 1.47 bits per heavy atom. The van der Waals surface area contributed by atoms with Gasteiger partial charge in [-0.05, 0) is 19.1 Å². The number of benzene rings is 1. The van der Waals surface area contributed by atoms with Crippen LogP contribution in [0.1, 0.15) is 6.92 Å². The molecule has 6 heteroatoms. The summed E-state index contributed by atoms with van der Waals surface area (Å²) in [5.74, 6) is -2.77. The third-order valence-corrected chi connectivity index (χ3v) is 2.03. The predicted molar refractivity (Wildman–Crippen MR) is 54.5 cm³/mol. The van der Waals surface area contributed by atoms with Crippen molar-refractivity contribution in [3.8, 4) is 5.75 Å². The maximum Gasteiger partial charge on any atom is 0.341 e. The number of carbonyl (C=O) groups is 1. The zero-order valence-corrected chi connectivity index (χ0v) is 9.37. The van der Waals surface area contributed by atoms with Crippen LogP contribution in [-0.2, 0) is 9.53 Å². The van der Waals surface area contributed by atoms with Crippen LogP contribution in [0, 0.1) is 11.6 Å². The van der Waals surface area contributed by atoms with Gasteiger partial charge in [-0.15, -0.1) is 0 Å². The Balaban J connectivity index is 2.73. The van der Waals surface area contributed by atoms with E-state index < -0.39 is 29.8 Å². The summed E-state index contributed by atoms with van der Waals surface area (Å²) in [6.07, 6.45) is 0. The zero-order chi connectivity index (χ0) is 13.1. The fraction of sp³-hybridized carbons (Fsp3) is 0.364. The van der Waals surface area contributed by atoms with E-state index in [0.29, 0.717) is 0 Å². The van der Waals surface area contributed by atoms with Crippen molar-refractivity contribution in [2.45, 2.75) is 12.5 Å². The molecule has 1 rings (SSSR count). The molecule has 0 saturated carbocycles. The number of hydrogen-bond donors (Lipinski definition) is 1. The van der Waals surface area contributed by atoms with Gasteiger partial charge in [-0.2, -0.15) is 0 Å². The molecule has 0 saturated heterocycles. The van der Waals surface area contributed by atoms with Crippen molar-refractivity contribution in [3.63, 3.8) is 0 Å². The third-order valence-electron chi connectivity index (χ3n) is 2.03. The summed E-state index contributed by atoms with van der Waals surface area (Å²) in [6, 6.07) is 2.64. The average molecular weight is 246 g/mol. The molecule has 0 spiro atoms. The molecule has 0 aliphatic carbocycles. The second-order valence-corrected chi connectivity index (χ2v) is 3.63. The van der Waals surface area contributed by atoms with Gasteiger partial charge in [0, 0.05) is 6.07 Å². The van der Waals surface area contributed by atoms with Crippen molar-refractivity contribution in [1.29, 1.82) is 0 Å². The number of esters is 1. The van der Waals surface area contributed by atoms with Crippen LogP contribution in [0.2, 0.25) is 0 Å². The first-order chi connectivity index (χ1) is 7.86. The summed E-state index contributed by atoms with van der Waals surface area (Å²) < 4.78 is 35.1. The minimum absolute atomic E-state index is 0.380. The lowest BCUT2D eigenvalue weighted by Gasteiger charge is -2.20. The molecule has 1 atom stereocenters. The van der Waals surface area contributed by atoms with Gasteiger partial charge in [0.25, 0.3) is 0 Å². The zero-order valence-electron chi connectivity index (χ0n) is 9.37. The van der Waals surface area contributed by atoms with Crippen molar-refractivity contribution in [2.24, 2.45) is 0 Å². The third kappa shape index (κ3) is 3.39. The van der Waals surface area contributed by atoms with Crippen LogP contribution in [0.25, 0.3) is 0 Å². The van der Waals surface area contributed by atoms with E-state index in [1.807, 2.05) is 0 Å². The molecule has 17 heavy (non-hydrogen) atoms. The molecule has 0 radical (unpaired) electrons. The molecule has 1 aromatic rings. The highest BCUT2D eigenvalue weighted by Crippen LogP contribution is 2.19. The second-order valence-electron chi connectivity index (χ2n) is 3.63. The van der Waals surface area contributed by atoms with Crippen LogP contribution in [0.4, 0.5) is 8.78 Å². The Kier molecular flexibility index (Phi) is 4.01. The van der Waals surface area contributed by atoms with Gasteiger partial charge in [0.15, 0.2) is 17.2 Å². The van der Waals surface area contributed by atoms with Crippen molar-refractivity contribution >= 4 is 5.97 Å². The minimum Gasteiger partial charge on any atom is -0.487 e. The van der Waals surface area contributed by atoms with E-state index in [0.717, 1.165) is 32.2 Å². The van der Waals surface area contributed by atoms with Gasteiger partial charge in [0.2, 0.25) is 0 Å². The Bertz CT molecular complexity index is 418. The van der Waals surface area contributed by atoms with Crippen molar-refractivity contribution in [1.82, 2.24) is 0 Å². The summed E-state index contributed by atoms with van der Waals surface area (Å²) in [4.78, 5) is 11.1. The Morgan fingerprint density at radius 3 is 2.71 bits per heavy atom. The summed E-state index contributed by atoms with van der Waals surface area (Å²) in [5.41, 5.74) is -1.92. The molecule has 1 unspecified atom stereocenters. The van der Waals surface area contributed by atoms with Gasteiger partial charge in [-0.25, -0.2) is 13.6 Å². The molecule has 1 N–H and O–H groups in total. The maximum absolute atomic E-state index is 13.1. The molecule has 94 valence electrons. The number of rotatable bonds is 4. The van der Waals surface area contributed by atoms with Crippen molar-refractivity contribution < 1.29 is 28.2 Å². The highest BCUT2D eigenvalue weighted by molar-refractivity contribution is 5.78. The van der Waals surface area contributed by atoms with Crippen molar-refractivity contribution in [2.75, 3.05) is 13.7 Å². The van der Waals surface area contributed by atoms with Crippen LogP contribution in [-0.4, -0.2) is 30.4 Å². The quantitative estimate of drug-likeness (QED) is 0.813. The second kappa shape index (κ2) is 5.09. The first-order valence-electron chi connectivity index (χ1n) is 4.75. The van der Waals surface area contributed by atoms with Gasteiger partial charge in [-0.3, -0.25) is 0 Å². The number of aliphatic hydroxyl groups is 1. The van der Waals surface area contributed by atoms with Crippen molar-refractivity contribution in [3.05, 3.63) is 29.8 Å². The SMILES string of the molecule is COC(=O)C(C)(O)COc1cc(F)ccc1F. The average Bonchev–Trinajstić information content (AvgIpc) is 2.29. The lowest BCUT2D eigenvalue weighted by molar-refractivity contribution is -0.163. The number of hydrogen-bond acceptors (Lipinski definition) is 4. The number of methoxy groups -OCH3 is 1. The molecule has 0 heterocycles. The van der Waals surface area contributed by atoms with Crippen LogP contribution in [0.3, 0.4) is 0 Å². The first-order valence-corrected chi connectivity index (χ1v) is 4.75. The summed E-state index contributed by atoms with van der Waals surface area (Å²) >= 11 is 0. The smallest absolute Gasteiger partial charge is 0.341 e. The standard InChI is InChI=1S/C11H12F2O4/c1-11(15,10(14)16-2)6-17-9-5-7(12)3-4-8(9)13/h3-5,15H,6H2,1-2H3. The molecule has 0 aliphatic rings. The number of ether oxygens (including phenoxy) is 2. The minimum atomic E-state index is -1.92. The summed E-state index contributed by atoms with van der Waals surface area (Å²) in [6.45, 7) is 0.607. The van der Waals surface area contributed by atoms with Gasteiger partial charge < -0.3 is 14.6 Å². The molecule has 0 aliphatic heterocycles. The van der Waals surface area contributed by atoms with E-state index in [2.05, 4.69) is 4.74 Å². The summed E-state index contributed by atoms with van der Waals surface area (Å²) in [5, 5.41) is 9.59. The topological polar surface area (TPSA) is 55.8 Å². The molecule has 1 aromatic carbocycles. The van der Waals surface area contributed by atoms with Crippen LogP contribution < -0.4 is 4.74 Å². The lowest BCUT2D eigenvalue weighted by atomic mass is 10.1. The molecule has 4 nitrogen and oxygen atoms in total. The molecular formula is C11H12F2O4. The van der Waals surface area contributed by atoms with Crippen LogP contribution >= 0.6 is 0 Å². The van der Waals surface area contributed by atoms with E-state index in [1.54, 1.807) is 0 Å². The van der Waals surface area contributed by atoms with Gasteiger partial charge in [-0.1, -0.05) is 0 Å². The molecule has 0 bridgehead atoms. The highest BCUT2D eigenvalue weighted by atomic mass is 19.1. The Morgan fingerprint density at radius 2 is 2.12 bits per heavy atom. The van der Waals surface area contributed by atoms with Gasteiger partial charge >= 0.3 is 5.97 Å². The maximum atomic E-state index is 13.1. The molecule has 0 amide bonds. The first kappa shape index (κ1) is 13.4. The normalized spacial score (nSPS) is 13.9. The fourth-order valence-corrected chi connectivity index (χ4v) is 1.08. The number of carbonyl (C=O) groups excluding carboxylic acids is 1. The molecule has 0 aromatic heterocycles. The molecule has 0 fully saturated rings. The van der Waals surface area contributed by atoms with Crippen LogP contribution in [0.5, 0.6) is 5.75 Å². The Labute approximate surface area is 96.8 Å². The van der Waals surface area contributed by atoms with Gasteiger partial charge in [0.05, 0.1) is 7.11 Å². The van der Waals surface area contributed by atoms with E-state index in [1.165, 1.54) is 0 Å². The summed E-state index contributed by atoms with van der Waals surface area (Å²) in [7, 11) is 1.10. The highest BCUT2D eigenvalue weighted by Gasteiger charge is 2.32. The largest absolute Gasteiger partial charge is 0.487 e. The molecular weight excluding hydrogens is 234 g/mol. The lowest BCUT2D eigenvalue weighted by Crippen LogP contribution is -2.42. The predicted octanol–water partition coefficient (Wildman–Crippen LogP) is 1.27. The monoisotopic (exact) mass is 246 g/mol. The van der Waals surface area contributed by atoms with Gasteiger partial charge in [0.1, 0.15) is 12.4 Å². The van der Waals surface area contributed by atoms with E-state index >= 15 is 0 Å². The Hall–Kier alpha value is -1.69. The number of halogens is 2. The van der Waals surface area contributed by atoms with Crippen LogP contribution in [0.15, 0.2) is 18.2 Å². The van der Waals surface area contributed by atoms with E-state index in [4.69, 9.17) is 4.74 Å². The van der Waals surface area contributed by atoms with E-state index in [9.17, 15) is 18.7 Å².